The summed E-state index contributed by atoms with van der Waals surface area (Å²) in [6, 6.07) is 11.6. The van der Waals surface area contributed by atoms with Crippen molar-refractivity contribution in [2.75, 3.05) is 24.7 Å². The number of anilines is 1. The molecule has 1 unspecified atom stereocenters. The summed E-state index contributed by atoms with van der Waals surface area (Å²) in [6.07, 6.45) is -0.0698. The average molecular weight is 476 g/mol. The van der Waals surface area contributed by atoms with Crippen LogP contribution in [-0.4, -0.2) is 50.1 Å². The molecule has 3 rings (SSSR count). The van der Waals surface area contributed by atoms with Gasteiger partial charge in [-0.3, -0.25) is 24.5 Å². The van der Waals surface area contributed by atoms with Gasteiger partial charge in [-0.15, -0.1) is 0 Å². The lowest BCUT2D eigenvalue weighted by molar-refractivity contribution is -0.152. The van der Waals surface area contributed by atoms with Crippen LogP contribution in [0.4, 0.5) is 14.5 Å². The molecule has 0 aromatic heterocycles. The van der Waals surface area contributed by atoms with Crippen LogP contribution in [0.25, 0.3) is 0 Å². The second-order valence-electron chi connectivity index (χ2n) is 7.22. The Morgan fingerprint density at radius 3 is 2.32 bits per heavy atom. The number of imide groups is 1. The lowest BCUT2D eigenvalue weighted by Crippen LogP contribution is -2.35. The van der Waals surface area contributed by atoms with Gasteiger partial charge < -0.3 is 19.1 Å². The molecule has 11 heteroatoms. The molecule has 3 amide bonds. The molecule has 180 valence electrons. The zero-order valence-electron chi connectivity index (χ0n) is 18.2. The number of hydrogen-bond acceptors (Lipinski definition) is 7. The molecular weight excluding hydrogens is 454 g/mol. The molecule has 34 heavy (non-hydrogen) atoms. The van der Waals surface area contributed by atoms with Gasteiger partial charge in [0.05, 0.1) is 12.5 Å². The lowest BCUT2D eigenvalue weighted by Gasteiger charge is -2.17. The molecule has 2 aromatic carbocycles. The van der Waals surface area contributed by atoms with Crippen LogP contribution in [0.5, 0.6) is 11.5 Å². The number of hydrogen-bond donors (Lipinski definition) is 1. The number of carbonyl (C=O) groups excluding carboxylic acids is 4. The number of rotatable bonds is 9. The number of carbonyl (C=O) groups is 4. The van der Waals surface area contributed by atoms with Crippen LogP contribution in [0, 0.1) is 5.92 Å². The summed E-state index contributed by atoms with van der Waals surface area (Å²) >= 11 is 0. The van der Waals surface area contributed by atoms with Crippen molar-refractivity contribution < 1.29 is 42.2 Å². The SMILES string of the molecule is CCOc1ccc(N2CC(C(=O)OCC(=O)NC(=O)c3ccc(OC(F)F)cc3)CC2=O)cc1. The Morgan fingerprint density at radius 2 is 1.71 bits per heavy atom. The van der Waals surface area contributed by atoms with Crippen molar-refractivity contribution in [2.24, 2.45) is 5.92 Å². The van der Waals surface area contributed by atoms with Gasteiger partial charge in [-0.2, -0.15) is 8.78 Å². The number of alkyl halides is 2. The van der Waals surface area contributed by atoms with Crippen molar-refractivity contribution in [1.29, 1.82) is 0 Å². The molecule has 0 spiro atoms. The van der Waals surface area contributed by atoms with E-state index in [9.17, 15) is 28.0 Å². The Bertz CT molecular complexity index is 1040. The van der Waals surface area contributed by atoms with Gasteiger partial charge in [0.15, 0.2) is 6.61 Å². The maximum absolute atomic E-state index is 12.3. The summed E-state index contributed by atoms with van der Waals surface area (Å²) in [7, 11) is 0. The van der Waals surface area contributed by atoms with Gasteiger partial charge in [-0.25, -0.2) is 0 Å². The first kappa shape index (κ1) is 24.6. The number of esters is 1. The Balaban J connectivity index is 1.47. The second kappa shape index (κ2) is 11.2. The maximum Gasteiger partial charge on any atom is 0.387 e. The first-order chi connectivity index (χ1) is 16.3. The molecular formula is C23H22F2N2O7. The van der Waals surface area contributed by atoms with E-state index >= 15 is 0 Å². The van der Waals surface area contributed by atoms with Crippen LogP contribution in [0.1, 0.15) is 23.7 Å². The van der Waals surface area contributed by atoms with E-state index in [-0.39, 0.29) is 30.2 Å². The molecule has 1 fully saturated rings. The van der Waals surface area contributed by atoms with Crippen molar-refractivity contribution in [2.45, 2.75) is 20.0 Å². The molecule has 2 aromatic rings. The summed E-state index contributed by atoms with van der Waals surface area (Å²) < 4.78 is 38.9. The largest absolute Gasteiger partial charge is 0.494 e. The van der Waals surface area contributed by atoms with E-state index in [1.54, 1.807) is 24.3 Å². The topological polar surface area (TPSA) is 111 Å². The number of halogens is 2. The predicted molar refractivity (Wildman–Crippen MR) is 115 cm³/mol. The third-order valence-corrected chi connectivity index (χ3v) is 4.86. The molecule has 0 radical (unpaired) electrons. The molecule has 0 saturated carbocycles. The fraction of sp³-hybridized carbons (Fsp3) is 0.304. The van der Waals surface area contributed by atoms with Crippen LogP contribution in [0.15, 0.2) is 48.5 Å². The Morgan fingerprint density at radius 1 is 1.06 bits per heavy atom. The Labute approximate surface area is 193 Å². The van der Waals surface area contributed by atoms with Crippen molar-refractivity contribution in [3.05, 3.63) is 54.1 Å². The summed E-state index contributed by atoms with van der Waals surface area (Å²) in [4.78, 5) is 50.2. The van der Waals surface area contributed by atoms with Crippen molar-refractivity contribution in [3.63, 3.8) is 0 Å². The fourth-order valence-corrected chi connectivity index (χ4v) is 3.28. The first-order valence-electron chi connectivity index (χ1n) is 10.4. The van der Waals surface area contributed by atoms with Crippen LogP contribution >= 0.6 is 0 Å². The van der Waals surface area contributed by atoms with E-state index < -0.39 is 36.9 Å². The summed E-state index contributed by atoms with van der Waals surface area (Å²) in [5.74, 6) is -2.92. The van der Waals surface area contributed by atoms with Gasteiger partial charge in [0, 0.05) is 24.2 Å². The van der Waals surface area contributed by atoms with Crippen molar-refractivity contribution in [1.82, 2.24) is 5.32 Å². The lowest BCUT2D eigenvalue weighted by atomic mass is 10.1. The highest BCUT2D eigenvalue weighted by Gasteiger charge is 2.36. The summed E-state index contributed by atoms with van der Waals surface area (Å²) in [6.45, 7) is -1.25. The normalized spacial score (nSPS) is 15.2. The molecule has 9 nitrogen and oxygen atoms in total. The van der Waals surface area contributed by atoms with E-state index in [1.807, 2.05) is 12.2 Å². The number of nitrogens with one attached hydrogen (secondary N) is 1. The molecule has 1 N–H and O–H groups in total. The average Bonchev–Trinajstić information content (AvgIpc) is 3.20. The van der Waals surface area contributed by atoms with Crippen LogP contribution in [0.3, 0.4) is 0 Å². The van der Waals surface area contributed by atoms with Gasteiger partial charge in [0.2, 0.25) is 5.91 Å². The molecule has 1 aliphatic heterocycles. The van der Waals surface area contributed by atoms with Gasteiger partial charge in [0.25, 0.3) is 11.8 Å². The minimum Gasteiger partial charge on any atom is -0.494 e. The molecule has 1 heterocycles. The van der Waals surface area contributed by atoms with E-state index in [0.29, 0.717) is 18.0 Å². The molecule has 0 bridgehead atoms. The van der Waals surface area contributed by atoms with Crippen molar-refractivity contribution in [3.8, 4) is 11.5 Å². The van der Waals surface area contributed by atoms with Gasteiger partial charge in [-0.1, -0.05) is 0 Å². The van der Waals surface area contributed by atoms with E-state index in [0.717, 1.165) is 12.1 Å². The van der Waals surface area contributed by atoms with Gasteiger partial charge >= 0.3 is 12.6 Å². The first-order valence-corrected chi connectivity index (χ1v) is 10.4. The van der Waals surface area contributed by atoms with E-state index in [1.165, 1.54) is 17.0 Å². The minimum absolute atomic E-state index is 0.0219. The minimum atomic E-state index is -3.00. The highest BCUT2D eigenvalue weighted by molar-refractivity contribution is 6.05. The maximum atomic E-state index is 12.3. The predicted octanol–water partition coefficient (Wildman–Crippen LogP) is 2.54. The smallest absolute Gasteiger partial charge is 0.387 e. The van der Waals surface area contributed by atoms with Gasteiger partial charge in [0.1, 0.15) is 11.5 Å². The third kappa shape index (κ3) is 6.50. The number of benzene rings is 2. The van der Waals surface area contributed by atoms with Crippen LogP contribution in [0.2, 0.25) is 0 Å². The zero-order valence-corrected chi connectivity index (χ0v) is 18.2. The summed E-state index contributed by atoms with van der Waals surface area (Å²) in [5.41, 5.74) is 0.630. The van der Waals surface area contributed by atoms with Crippen LogP contribution < -0.4 is 19.7 Å². The highest BCUT2D eigenvalue weighted by atomic mass is 19.3. The number of ether oxygens (including phenoxy) is 3. The fourth-order valence-electron chi connectivity index (χ4n) is 3.28. The standard InChI is InChI=1S/C23H22F2N2O7/c1-2-32-17-9-5-16(6-10-17)27-12-15(11-20(27)29)22(31)33-13-19(28)26-21(30)14-3-7-18(8-4-14)34-23(24)25/h3-10,15,23H,2,11-13H2,1H3,(H,26,28,30). The molecule has 1 aliphatic rings. The monoisotopic (exact) mass is 476 g/mol. The molecule has 1 atom stereocenters. The number of nitrogens with zero attached hydrogens (tertiary/aromatic N) is 1. The third-order valence-electron chi connectivity index (χ3n) is 4.86. The van der Waals surface area contributed by atoms with E-state index in [2.05, 4.69) is 4.74 Å². The van der Waals surface area contributed by atoms with Gasteiger partial charge in [-0.05, 0) is 55.5 Å². The van der Waals surface area contributed by atoms with Crippen LogP contribution in [-0.2, 0) is 19.1 Å². The quantitative estimate of drug-likeness (QED) is 0.554. The molecule has 0 aliphatic carbocycles. The van der Waals surface area contributed by atoms with Crippen molar-refractivity contribution >= 4 is 29.4 Å². The highest BCUT2D eigenvalue weighted by Crippen LogP contribution is 2.27. The zero-order chi connectivity index (χ0) is 24.7. The summed E-state index contributed by atoms with van der Waals surface area (Å²) in [5, 5.41) is 2.03. The molecule has 1 saturated heterocycles. The second-order valence-corrected chi connectivity index (χ2v) is 7.22. The Kier molecular flexibility index (Phi) is 8.12. The Hall–Kier alpha value is -4.02. The number of amides is 3. The van der Waals surface area contributed by atoms with E-state index in [4.69, 9.17) is 9.47 Å².